The molecular weight excluding hydrogens is 332 g/mol. The van der Waals surface area contributed by atoms with Gasteiger partial charge in [0.05, 0.1) is 16.8 Å². The van der Waals surface area contributed by atoms with Crippen LogP contribution in [0, 0.1) is 13.8 Å². The number of aromatic nitrogens is 2. The van der Waals surface area contributed by atoms with Crippen molar-refractivity contribution in [1.82, 2.24) is 9.97 Å². The number of ether oxygens (including phenoxy) is 1. The lowest BCUT2D eigenvalue weighted by atomic mass is 9.94. The summed E-state index contributed by atoms with van der Waals surface area (Å²) in [6.45, 7) is 4.85. The zero-order valence-corrected chi connectivity index (χ0v) is 15.3. The van der Waals surface area contributed by atoms with Crippen molar-refractivity contribution >= 4 is 32.6 Å². The molecule has 1 aliphatic rings. The van der Waals surface area contributed by atoms with Crippen LogP contribution >= 0.6 is 0 Å². The Morgan fingerprint density at radius 2 is 1.85 bits per heavy atom. The molecule has 6 rings (SSSR count). The number of nitrogens with one attached hydrogen (secondary N) is 1. The third-order valence-corrected chi connectivity index (χ3v) is 5.85. The molecule has 0 saturated heterocycles. The fraction of sp³-hybridized carbons (Fsp3) is 0.125. The van der Waals surface area contributed by atoms with E-state index in [9.17, 15) is 0 Å². The predicted octanol–water partition coefficient (Wildman–Crippen LogP) is 6.05. The summed E-state index contributed by atoms with van der Waals surface area (Å²) in [5.41, 5.74) is 8.01. The van der Waals surface area contributed by atoms with E-state index < -0.39 is 0 Å². The number of H-pyrrole nitrogens is 1. The zero-order valence-electron chi connectivity index (χ0n) is 15.3. The minimum Gasteiger partial charge on any atom is -0.488 e. The van der Waals surface area contributed by atoms with Crippen LogP contribution < -0.4 is 4.74 Å². The number of hydrogen-bond acceptors (Lipinski definition) is 2. The number of benzene rings is 3. The lowest BCUT2D eigenvalue weighted by Gasteiger charge is -2.22. The van der Waals surface area contributed by atoms with E-state index in [1.54, 1.807) is 0 Å². The number of nitrogens with zero attached hydrogens (tertiary/aromatic N) is 1. The molecule has 0 saturated carbocycles. The van der Waals surface area contributed by atoms with Gasteiger partial charge in [-0.3, -0.25) is 0 Å². The summed E-state index contributed by atoms with van der Waals surface area (Å²) in [5.74, 6) is 0.919. The Kier molecular flexibility index (Phi) is 2.80. The molecule has 3 heterocycles. The molecule has 0 amide bonds. The van der Waals surface area contributed by atoms with Crippen molar-refractivity contribution in [3.05, 3.63) is 71.4 Å². The van der Waals surface area contributed by atoms with E-state index in [0.717, 1.165) is 28.1 Å². The number of pyridine rings is 1. The smallest absolute Gasteiger partial charge is 0.129 e. The minimum absolute atomic E-state index is 0.558. The SMILES string of the molecule is Cc1[nH]c2ccc3nc4c(cc3c2c1C)COc1ccc2ccccc2c1-4. The van der Waals surface area contributed by atoms with Crippen molar-refractivity contribution in [3.63, 3.8) is 0 Å². The van der Waals surface area contributed by atoms with Crippen LogP contribution in [0.1, 0.15) is 16.8 Å². The molecule has 0 fully saturated rings. The van der Waals surface area contributed by atoms with Crippen molar-refractivity contribution in [1.29, 1.82) is 0 Å². The molecule has 0 atom stereocenters. The summed E-state index contributed by atoms with van der Waals surface area (Å²) >= 11 is 0. The van der Waals surface area contributed by atoms with Gasteiger partial charge in [-0.15, -0.1) is 0 Å². The van der Waals surface area contributed by atoms with Gasteiger partial charge in [0, 0.05) is 27.5 Å². The van der Waals surface area contributed by atoms with Crippen LogP contribution in [0.15, 0.2) is 54.6 Å². The molecule has 0 aliphatic carbocycles. The number of hydrogen-bond donors (Lipinski definition) is 1. The van der Waals surface area contributed by atoms with Gasteiger partial charge in [-0.25, -0.2) is 4.98 Å². The molecule has 1 N–H and O–H groups in total. The molecule has 1 aliphatic heterocycles. The molecule has 27 heavy (non-hydrogen) atoms. The fourth-order valence-corrected chi connectivity index (χ4v) is 4.38. The fourth-order valence-electron chi connectivity index (χ4n) is 4.38. The van der Waals surface area contributed by atoms with Gasteiger partial charge in [0.25, 0.3) is 0 Å². The van der Waals surface area contributed by atoms with Crippen molar-refractivity contribution < 1.29 is 4.74 Å². The van der Waals surface area contributed by atoms with Gasteiger partial charge >= 0.3 is 0 Å². The van der Waals surface area contributed by atoms with Crippen LogP contribution in [-0.4, -0.2) is 9.97 Å². The Morgan fingerprint density at radius 1 is 0.963 bits per heavy atom. The summed E-state index contributed by atoms with van der Waals surface area (Å²) in [6.07, 6.45) is 0. The van der Waals surface area contributed by atoms with E-state index in [1.807, 2.05) is 0 Å². The Balaban J connectivity index is 1.74. The average Bonchev–Trinajstić information content (AvgIpc) is 3.00. The summed E-state index contributed by atoms with van der Waals surface area (Å²) in [5, 5.41) is 4.86. The predicted molar refractivity (Wildman–Crippen MR) is 110 cm³/mol. The highest BCUT2D eigenvalue weighted by Gasteiger charge is 2.22. The summed E-state index contributed by atoms with van der Waals surface area (Å²) in [4.78, 5) is 8.59. The van der Waals surface area contributed by atoms with Crippen LogP contribution in [0.5, 0.6) is 5.75 Å². The molecule has 3 heteroatoms. The highest BCUT2D eigenvalue weighted by molar-refractivity contribution is 6.09. The second-order valence-electron chi connectivity index (χ2n) is 7.37. The Labute approximate surface area is 156 Å². The van der Waals surface area contributed by atoms with E-state index in [0.29, 0.717) is 6.61 Å². The summed E-state index contributed by atoms with van der Waals surface area (Å²) in [7, 11) is 0. The topological polar surface area (TPSA) is 37.9 Å². The van der Waals surface area contributed by atoms with Crippen LogP contribution in [-0.2, 0) is 6.61 Å². The normalized spacial score (nSPS) is 13.0. The standard InChI is InChI=1S/C24H18N2O/c1-13-14(2)25-20-9-8-19-18(22(13)20)11-16-12-27-21-10-7-15-5-3-4-6-17(15)23(21)24(16)26-19/h3-11,25H,12H2,1-2H3. The largest absolute Gasteiger partial charge is 0.488 e. The Bertz CT molecular complexity index is 1390. The second-order valence-corrected chi connectivity index (χ2v) is 7.37. The van der Waals surface area contributed by atoms with Crippen LogP contribution in [0.2, 0.25) is 0 Å². The Hall–Kier alpha value is -3.33. The summed E-state index contributed by atoms with van der Waals surface area (Å²) in [6, 6.07) is 19.2. The van der Waals surface area contributed by atoms with Gasteiger partial charge < -0.3 is 9.72 Å². The number of aryl methyl sites for hydroxylation is 2. The number of aromatic amines is 1. The first-order chi connectivity index (χ1) is 13.2. The van der Waals surface area contributed by atoms with Crippen molar-refractivity contribution in [2.24, 2.45) is 0 Å². The lowest BCUT2D eigenvalue weighted by Crippen LogP contribution is -2.07. The monoisotopic (exact) mass is 350 g/mol. The Morgan fingerprint density at radius 3 is 2.78 bits per heavy atom. The van der Waals surface area contributed by atoms with E-state index in [4.69, 9.17) is 9.72 Å². The lowest BCUT2D eigenvalue weighted by molar-refractivity contribution is 0.302. The van der Waals surface area contributed by atoms with Crippen LogP contribution in [0.3, 0.4) is 0 Å². The summed E-state index contributed by atoms with van der Waals surface area (Å²) < 4.78 is 6.11. The van der Waals surface area contributed by atoms with Gasteiger partial charge in [0.2, 0.25) is 0 Å². The minimum atomic E-state index is 0.558. The molecular formula is C24H18N2O. The molecule has 0 spiro atoms. The maximum absolute atomic E-state index is 6.11. The number of fused-ring (bicyclic) bond motifs is 8. The number of rotatable bonds is 0. The molecule has 130 valence electrons. The molecule has 0 bridgehead atoms. The average molecular weight is 350 g/mol. The highest BCUT2D eigenvalue weighted by Crippen LogP contribution is 2.43. The zero-order chi connectivity index (χ0) is 18.1. The van der Waals surface area contributed by atoms with Crippen molar-refractivity contribution in [2.45, 2.75) is 20.5 Å². The van der Waals surface area contributed by atoms with E-state index in [1.165, 1.54) is 38.3 Å². The van der Waals surface area contributed by atoms with E-state index in [-0.39, 0.29) is 0 Å². The van der Waals surface area contributed by atoms with Gasteiger partial charge in [-0.1, -0.05) is 30.3 Å². The van der Waals surface area contributed by atoms with Crippen LogP contribution in [0.25, 0.3) is 43.8 Å². The first-order valence-electron chi connectivity index (χ1n) is 9.27. The molecule has 5 aromatic rings. The van der Waals surface area contributed by atoms with Gasteiger partial charge in [-0.2, -0.15) is 0 Å². The molecule has 0 radical (unpaired) electrons. The van der Waals surface area contributed by atoms with Gasteiger partial charge in [-0.05, 0) is 54.4 Å². The third kappa shape index (κ3) is 1.94. The van der Waals surface area contributed by atoms with Crippen molar-refractivity contribution in [2.75, 3.05) is 0 Å². The van der Waals surface area contributed by atoms with E-state index in [2.05, 4.69) is 73.4 Å². The maximum Gasteiger partial charge on any atom is 0.129 e. The molecule has 3 aromatic carbocycles. The van der Waals surface area contributed by atoms with Crippen molar-refractivity contribution in [3.8, 4) is 17.0 Å². The molecule has 3 nitrogen and oxygen atoms in total. The second kappa shape index (κ2) is 5.10. The quantitative estimate of drug-likeness (QED) is 0.369. The van der Waals surface area contributed by atoms with Crippen LogP contribution in [0.4, 0.5) is 0 Å². The first-order valence-corrected chi connectivity index (χ1v) is 9.27. The highest BCUT2D eigenvalue weighted by atomic mass is 16.5. The van der Waals surface area contributed by atoms with E-state index >= 15 is 0 Å². The van der Waals surface area contributed by atoms with Gasteiger partial charge in [0.15, 0.2) is 0 Å². The maximum atomic E-state index is 6.11. The molecule has 2 aromatic heterocycles. The first kappa shape index (κ1) is 14.8. The molecule has 0 unspecified atom stereocenters. The third-order valence-electron chi connectivity index (χ3n) is 5.85. The van der Waals surface area contributed by atoms with Gasteiger partial charge in [0.1, 0.15) is 12.4 Å².